The van der Waals surface area contributed by atoms with Crippen LogP contribution in [0.2, 0.25) is 0 Å². The largest absolute Gasteiger partial charge is 0.376 e. The molecule has 1 aliphatic rings. The Labute approximate surface area is 209 Å². The standard InChI is InChI=1S/C31H32OSSi/c1-2-3-24-32-30-25-33-31(30,26-16-8-4-9-17-26)34(27-18-10-5-11-19-27,28-20-12-6-13-21-28)29-22-14-7-15-23-29/h4-23,30H,2-3,24-25H2,1H3/t30?,31-/m0/s1. The fourth-order valence-corrected chi connectivity index (χ4v) is 14.6. The van der Waals surface area contributed by atoms with Gasteiger partial charge in [-0.05, 0) is 27.5 Å². The SMILES string of the molecule is CCCCOC1CS[C@@]1(c1ccccc1)[Si](c1ccccc1)(c1ccccc1)c1ccccc1. The maximum Gasteiger partial charge on any atom is 0.172 e. The number of ether oxygens (including phenoxy) is 1. The van der Waals surface area contributed by atoms with E-state index in [1.807, 2.05) is 0 Å². The number of hydrogen-bond acceptors (Lipinski definition) is 2. The molecule has 0 aliphatic carbocycles. The van der Waals surface area contributed by atoms with Crippen molar-refractivity contribution in [1.29, 1.82) is 0 Å². The van der Waals surface area contributed by atoms with E-state index in [1.54, 1.807) is 0 Å². The summed E-state index contributed by atoms with van der Waals surface area (Å²) in [5.41, 5.74) is 1.39. The Morgan fingerprint density at radius 2 is 1.15 bits per heavy atom. The monoisotopic (exact) mass is 480 g/mol. The molecule has 0 bridgehead atoms. The van der Waals surface area contributed by atoms with Gasteiger partial charge >= 0.3 is 0 Å². The van der Waals surface area contributed by atoms with Gasteiger partial charge in [0, 0.05) is 12.4 Å². The number of hydrogen-bond donors (Lipinski definition) is 0. The third-order valence-electron chi connectivity index (χ3n) is 7.11. The van der Waals surface area contributed by atoms with Gasteiger partial charge in [0.25, 0.3) is 0 Å². The molecule has 1 unspecified atom stereocenters. The molecule has 0 amide bonds. The average molecular weight is 481 g/mol. The normalized spacial score (nSPS) is 20.0. The van der Waals surface area contributed by atoms with Crippen molar-refractivity contribution in [2.75, 3.05) is 12.4 Å². The molecule has 0 aromatic heterocycles. The van der Waals surface area contributed by atoms with E-state index in [-0.39, 0.29) is 10.5 Å². The van der Waals surface area contributed by atoms with Crippen molar-refractivity contribution >= 4 is 35.4 Å². The predicted molar refractivity (Wildman–Crippen MR) is 149 cm³/mol. The lowest BCUT2D eigenvalue weighted by molar-refractivity contribution is 0.0449. The van der Waals surface area contributed by atoms with E-state index >= 15 is 0 Å². The molecule has 0 radical (unpaired) electrons. The first kappa shape index (κ1) is 23.2. The Kier molecular flexibility index (Phi) is 7.05. The number of unbranched alkanes of at least 4 members (excludes halogenated alkanes) is 1. The summed E-state index contributed by atoms with van der Waals surface area (Å²) in [4.78, 5) is 0. The van der Waals surface area contributed by atoms with E-state index in [1.165, 1.54) is 21.1 Å². The summed E-state index contributed by atoms with van der Waals surface area (Å²) >= 11 is 2.10. The topological polar surface area (TPSA) is 9.23 Å². The van der Waals surface area contributed by atoms with Gasteiger partial charge < -0.3 is 4.74 Å². The van der Waals surface area contributed by atoms with Gasteiger partial charge in [-0.3, -0.25) is 0 Å². The highest BCUT2D eigenvalue weighted by Gasteiger charge is 2.66. The average Bonchev–Trinajstić information content (AvgIpc) is 2.91. The molecule has 1 aliphatic heterocycles. The Balaban J connectivity index is 1.86. The molecule has 172 valence electrons. The summed E-state index contributed by atoms with van der Waals surface area (Å²) in [6, 6.07) is 45.0. The summed E-state index contributed by atoms with van der Waals surface area (Å²) in [6.07, 6.45) is 2.41. The zero-order valence-corrected chi connectivity index (χ0v) is 21.6. The molecule has 4 aromatic carbocycles. The molecule has 2 atom stereocenters. The zero-order valence-electron chi connectivity index (χ0n) is 19.8. The van der Waals surface area contributed by atoms with Crippen molar-refractivity contribution in [2.45, 2.75) is 30.2 Å². The molecule has 0 saturated carbocycles. The molecule has 1 saturated heterocycles. The van der Waals surface area contributed by atoms with Crippen LogP contribution in [0, 0.1) is 0 Å². The molecular weight excluding hydrogens is 448 g/mol. The van der Waals surface area contributed by atoms with E-state index in [2.05, 4.69) is 140 Å². The molecule has 0 N–H and O–H groups in total. The molecule has 1 fully saturated rings. The van der Waals surface area contributed by atoms with Crippen molar-refractivity contribution in [1.82, 2.24) is 0 Å². The van der Waals surface area contributed by atoms with E-state index in [4.69, 9.17) is 4.74 Å². The highest BCUT2D eigenvalue weighted by Crippen LogP contribution is 2.56. The van der Waals surface area contributed by atoms with Crippen LogP contribution in [0.1, 0.15) is 25.3 Å². The van der Waals surface area contributed by atoms with Crippen LogP contribution in [0.15, 0.2) is 121 Å². The van der Waals surface area contributed by atoms with Gasteiger partial charge in [0.1, 0.15) is 0 Å². The molecule has 4 aromatic rings. The summed E-state index contributed by atoms with van der Waals surface area (Å²) in [5.74, 6) is 1.03. The lowest BCUT2D eigenvalue weighted by Crippen LogP contribution is -2.83. The van der Waals surface area contributed by atoms with E-state index in [9.17, 15) is 0 Å². The summed E-state index contributed by atoms with van der Waals surface area (Å²) < 4.78 is 6.61. The molecule has 3 heteroatoms. The van der Waals surface area contributed by atoms with Crippen LogP contribution in [0.4, 0.5) is 0 Å². The minimum atomic E-state index is -2.62. The minimum Gasteiger partial charge on any atom is -0.376 e. The van der Waals surface area contributed by atoms with E-state index in [0.717, 1.165) is 25.2 Å². The highest BCUT2D eigenvalue weighted by atomic mass is 32.2. The Morgan fingerprint density at radius 1 is 0.706 bits per heavy atom. The van der Waals surface area contributed by atoms with E-state index < -0.39 is 8.07 Å². The van der Waals surface area contributed by atoms with Gasteiger partial charge in [-0.25, -0.2) is 0 Å². The highest BCUT2D eigenvalue weighted by molar-refractivity contribution is 8.04. The zero-order chi connectivity index (χ0) is 23.3. The number of rotatable bonds is 9. The van der Waals surface area contributed by atoms with Crippen LogP contribution < -0.4 is 15.6 Å². The Hall–Kier alpha value is -2.59. The predicted octanol–water partition coefficient (Wildman–Crippen LogP) is 5.52. The van der Waals surface area contributed by atoms with Crippen molar-refractivity contribution in [3.63, 3.8) is 0 Å². The van der Waals surface area contributed by atoms with Crippen molar-refractivity contribution in [3.05, 3.63) is 127 Å². The Morgan fingerprint density at radius 3 is 1.53 bits per heavy atom. The lowest BCUT2D eigenvalue weighted by Gasteiger charge is -2.59. The third-order valence-corrected chi connectivity index (χ3v) is 15.2. The molecule has 5 rings (SSSR count). The summed E-state index contributed by atoms with van der Waals surface area (Å²) in [7, 11) is -2.62. The lowest BCUT2D eigenvalue weighted by atomic mass is 10.1. The maximum absolute atomic E-state index is 6.77. The number of benzene rings is 4. The third kappa shape index (κ3) is 3.76. The van der Waals surface area contributed by atoms with Crippen LogP contribution in [0.25, 0.3) is 0 Å². The second kappa shape index (κ2) is 10.3. The van der Waals surface area contributed by atoms with Crippen molar-refractivity contribution < 1.29 is 4.74 Å². The van der Waals surface area contributed by atoms with Gasteiger partial charge in [-0.2, -0.15) is 0 Å². The first-order valence-electron chi connectivity index (χ1n) is 12.3. The molecule has 34 heavy (non-hydrogen) atoms. The minimum absolute atomic E-state index is 0.161. The van der Waals surface area contributed by atoms with Crippen LogP contribution in [-0.4, -0.2) is 26.5 Å². The summed E-state index contributed by atoms with van der Waals surface area (Å²) in [6.45, 7) is 3.06. The van der Waals surface area contributed by atoms with Crippen LogP contribution in [0.5, 0.6) is 0 Å². The van der Waals surface area contributed by atoms with Crippen LogP contribution in [-0.2, 0) is 9.11 Å². The quantitative estimate of drug-likeness (QED) is 0.177. The Bertz CT molecular complexity index is 1070. The fourth-order valence-electron chi connectivity index (χ4n) is 5.58. The number of thioether (sulfide) groups is 1. The fraction of sp³-hybridized carbons (Fsp3) is 0.226. The van der Waals surface area contributed by atoms with Gasteiger partial charge in [0.05, 0.1) is 10.5 Å². The van der Waals surface area contributed by atoms with E-state index in [0.29, 0.717) is 0 Å². The van der Waals surface area contributed by atoms with Crippen LogP contribution in [0.3, 0.4) is 0 Å². The molecule has 1 nitrogen and oxygen atoms in total. The van der Waals surface area contributed by atoms with Gasteiger partial charge in [0.2, 0.25) is 0 Å². The maximum atomic E-state index is 6.77. The second-order valence-corrected chi connectivity index (χ2v) is 14.6. The summed E-state index contributed by atoms with van der Waals surface area (Å²) in [5, 5.41) is 4.31. The first-order chi connectivity index (χ1) is 16.8. The molecule has 0 spiro atoms. The van der Waals surface area contributed by atoms with Gasteiger partial charge in [-0.15, -0.1) is 11.8 Å². The molecular formula is C31H32OSSi. The van der Waals surface area contributed by atoms with Gasteiger partial charge in [-0.1, -0.05) is 135 Å². The van der Waals surface area contributed by atoms with Crippen molar-refractivity contribution in [2.24, 2.45) is 0 Å². The van der Waals surface area contributed by atoms with Crippen LogP contribution >= 0.6 is 11.8 Å². The molecule has 1 heterocycles. The smallest absolute Gasteiger partial charge is 0.172 e. The van der Waals surface area contributed by atoms with Crippen molar-refractivity contribution in [3.8, 4) is 0 Å². The van der Waals surface area contributed by atoms with Gasteiger partial charge in [0.15, 0.2) is 8.07 Å². The second-order valence-electron chi connectivity index (χ2n) is 8.97. The first-order valence-corrected chi connectivity index (χ1v) is 15.3.